The Morgan fingerprint density at radius 3 is 1.63 bits per heavy atom. The predicted octanol–water partition coefficient (Wildman–Crippen LogP) is -2.43. The van der Waals surface area contributed by atoms with Crippen LogP contribution in [0.3, 0.4) is 0 Å². The van der Waals surface area contributed by atoms with E-state index in [-0.39, 0.29) is 6.42 Å². The molecule has 0 rings (SSSR count). The smallest absolute Gasteiger partial charge is 0.326 e. The van der Waals surface area contributed by atoms with Gasteiger partial charge in [0, 0.05) is 12.8 Å². The van der Waals surface area contributed by atoms with Gasteiger partial charge >= 0.3 is 23.9 Å². The molecule has 0 radical (unpaired) electrons. The van der Waals surface area contributed by atoms with Gasteiger partial charge in [-0.25, -0.2) is 4.79 Å². The van der Waals surface area contributed by atoms with Crippen LogP contribution in [0.4, 0.5) is 0 Å². The lowest BCUT2D eigenvalue weighted by Crippen LogP contribution is -2.54. The Hall–Kier alpha value is -3.22. The minimum absolute atomic E-state index is 0.245. The summed E-state index contributed by atoms with van der Waals surface area (Å²) in [6.07, 6.45) is -2.57. The number of carboxylic acids is 4. The number of rotatable bonds is 13. The van der Waals surface area contributed by atoms with E-state index in [4.69, 9.17) is 26.2 Å². The molecule has 0 aliphatic heterocycles. The molecule has 0 aliphatic carbocycles. The van der Waals surface area contributed by atoms with Crippen molar-refractivity contribution in [2.45, 2.75) is 50.2 Å². The van der Waals surface area contributed by atoms with Crippen molar-refractivity contribution in [3.05, 3.63) is 0 Å². The molecule has 0 saturated carbocycles. The number of nitrogens with two attached hydrogens (primary N) is 1. The number of hydrogen-bond donors (Lipinski definition) is 7. The summed E-state index contributed by atoms with van der Waals surface area (Å²) in [6.45, 7) is 0. The van der Waals surface area contributed by atoms with E-state index in [2.05, 4.69) is 5.32 Å². The highest BCUT2D eigenvalue weighted by Crippen LogP contribution is 2.03. The molecule has 0 aliphatic rings. The number of aliphatic carboxylic acids is 4. The van der Waals surface area contributed by atoms with Crippen molar-refractivity contribution < 1.29 is 49.2 Å². The molecule has 2 amide bonds. The van der Waals surface area contributed by atoms with Gasteiger partial charge in [0.2, 0.25) is 11.8 Å². The molecule has 0 aromatic rings. The minimum atomic E-state index is -1.79. The first-order chi connectivity index (χ1) is 12.4. The molecule has 0 aromatic heterocycles. The molecule has 13 nitrogen and oxygen atoms in total. The van der Waals surface area contributed by atoms with E-state index >= 15 is 0 Å². The van der Waals surface area contributed by atoms with Crippen LogP contribution in [0.15, 0.2) is 0 Å². The first-order valence-corrected chi connectivity index (χ1v) is 7.68. The molecule has 27 heavy (non-hydrogen) atoms. The van der Waals surface area contributed by atoms with E-state index in [1.807, 2.05) is 5.32 Å². The lowest BCUT2D eigenvalue weighted by molar-refractivity contribution is -0.147. The van der Waals surface area contributed by atoms with E-state index in [0.717, 1.165) is 0 Å². The predicted molar refractivity (Wildman–Crippen MR) is 85.5 cm³/mol. The largest absolute Gasteiger partial charge is 0.481 e. The zero-order valence-corrected chi connectivity index (χ0v) is 14.1. The maximum atomic E-state index is 12.2. The van der Waals surface area contributed by atoms with Gasteiger partial charge in [-0.3, -0.25) is 24.0 Å². The molecule has 0 bridgehead atoms. The van der Waals surface area contributed by atoms with Gasteiger partial charge in [-0.05, 0) is 12.8 Å². The van der Waals surface area contributed by atoms with Crippen LogP contribution in [-0.4, -0.2) is 74.2 Å². The van der Waals surface area contributed by atoms with Crippen LogP contribution in [-0.2, 0) is 28.8 Å². The average molecular weight is 391 g/mol. The van der Waals surface area contributed by atoms with Crippen LogP contribution in [0, 0.1) is 0 Å². The fraction of sp³-hybridized carbons (Fsp3) is 0.571. The summed E-state index contributed by atoms with van der Waals surface area (Å²) >= 11 is 0. The van der Waals surface area contributed by atoms with Crippen LogP contribution in [0.25, 0.3) is 0 Å². The van der Waals surface area contributed by atoms with Gasteiger partial charge in [-0.15, -0.1) is 0 Å². The van der Waals surface area contributed by atoms with Gasteiger partial charge in [0.25, 0.3) is 0 Å². The topological polar surface area (TPSA) is 233 Å². The van der Waals surface area contributed by atoms with Crippen molar-refractivity contribution in [1.29, 1.82) is 0 Å². The Balaban J connectivity index is 5.09. The number of carbonyl (C=O) groups excluding carboxylic acids is 2. The van der Waals surface area contributed by atoms with Gasteiger partial charge in [0.15, 0.2) is 0 Å². The minimum Gasteiger partial charge on any atom is -0.481 e. The Bertz CT molecular complexity index is 606. The third-order valence-corrected chi connectivity index (χ3v) is 3.28. The number of hydrogen-bond acceptors (Lipinski definition) is 7. The molecule has 0 saturated heterocycles. The van der Waals surface area contributed by atoms with E-state index in [9.17, 15) is 28.8 Å². The van der Waals surface area contributed by atoms with E-state index in [0.29, 0.717) is 0 Å². The van der Waals surface area contributed by atoms with Crippen molar-refractivity contribution in [3.8, 4) is 0 Å². The van der Waals surface area contributed by atoms with Crippen LogP contribution < -0.4 is 16.4 Å². The van der Waals surface area contributed by atoms with Crippen molar-refractivity contribution in [1.82, 2.24) is 10.6 Å². The van der Waals surface area contributed by atoms with Gasteiger partial charge in [-0.1, -0.05) is 0 Å². The maximum Gasteiger partial charge on any atom is 0.326 e. The molecule has 13 heteroatoms. The lowest BCUT2D eigenvalue weighted by atomic mass is 10.1. The monoisotopic (exact) mass is 391 g/mol. The Labute approximate surface area is 152 Å². The summed E-state index contributed by atoms with van der Waals surface area (Å²) in [4.78, 5) is 66.9. The van der Waals surface area contributed by atoms with Crippen molar-refractivity contribution >= 4 is 35.7 Å². The van der Waals surface area contributed by atoms with E-state index in [1.165, 1.54) is 0 Å². The third-order valence-electron chi connectivity index (χ3n) is 3.28. The second-order valence-electron chi connectivity index (χ2n) is 5.53. The van der Waals surface area contributed by atoms with Gasteiger partial charge < -0.3 is 36.8 Å². The van der Waals surface area contributed by atoms with Gasteiger partial charge in [0.05, 0.1) is 12.5 Å². The van der Waals surface area contributed by atoms with Crippen LogP contribution in [0.5, 0.6) is 0 Å². The number of amides is 2. The number of nitrogens with one attached hydrogen (secondary N) is 2. The second kappa shape index (κ2) is 11.4. The summed E-state index contributed by atoms with van der Waals surface area (Å²) in [5, 5.41) is 38.9. The van der Waals surface area contributed by atoms with Crippen molar-refractivity contribution in [3.63, 3.8) is 0 Å². The van der Waals surface area contributed by atoms with Crippen LogP contribution in [0.1, 0.15) is 32.1 Å². The van der Waals surface area contributed by atoms with Crippen molar-refractivity contribution in [2.24, 2.45) is 5.73 Å². The molecular formula is C14H21N3O10. The standard InChI is InChI=1S/C14H21N3O10/c15-6(1-3-9(18)19)12(24)16-7(2-4-10(20)21)13(25)17-8(14(26)27)5-11(22)23/h6-8H,1-5,15H2,(H,16,24)(H,17,25)(H,18,19)(H,20,21)(H,22,23)(H,26,27). The second-order valence-corrected chi connectivity index (χ2v) is 5.53. The molecule has 3 unspecified atom stereocenters. The first kappa shape index (κ1) is 23.8. The molecule has 3 atom stereocenters. The van der Waals surface area contributed by atoms with Crippen LogP contribution >= 0.6 is 0 Å². The van der Waals surface area contributed by atoms with Gasteiger partial charge in [-0.2, -0.15) is 0 Å². The average Bonchev–Trinajstić information content (AvgIpc) is 2.54. The molecule has 0 spiro atoms. The Kier molecular flexibility index (Phi) is 10.0. The number of carboxylic acid groups (broad SMARTS) is 4. The maximum absolute atomic E-state index is 12.2. The highest BCUT2D eigenvalue weighted by molar-refractivity contribution is 5.93. The fourth-order valence-electron chi connectivity index (χ4n) is 1.87. The fourth-order valence-corrected chi connectivity index (χ4v) is 1.87. The molecule has 0 fully saturated rings. The molecule has 8 N–H and O–H groups in total. The molecular weight excluding hydrogens is 370 g/mol. The molecule has 152 valence electrons. The first-order valence-electron chi connectivity index (χ1n) is 7.68. The van der Waals surface area contributed by atoms with E-state index in [1.54, 1.807) is 0 Å². The molecule has 0 aromatic carbocycles. The SMILES string of the molecule is NC(CCC(=O)O)C(=O)NC(CCC(=O)O)C(=O)NC(CC(=O)O)C(=O)O. The Morgan fingerprint density at radius 1 is 0.704 bits per heavy atom. The Morgan fingerprint density at radius 2 is 1.19 bits per heavy atom. The lowest BCUT2D eigenvalue weighted by Gasteiger charge is -2.22. The van der Waals surface area contributed by atoms with E-state index < -0.39 is 79.5 Å². The quantitative estimate of drug-likeness (QED) is 0.174. The van der Waals surface area contributed by atoms with Crippen molar-refractivity contribution in [2.75, 3.05) is 0 Å². The molecule has 0 heterocycles. The highest BCUT2D eigenvalue weighted by atomic mass is 16.4. The normalized spacial score (nSPS) is 13.7. The summed E-state index contributed by atoms with van der Waals surface area (Å²) in [5.41, 5.74) is 5.49. The summed E-state index contributed by atoms with van der Waals surface area (Å²) in [6, 6.07) is -4.59. The summed E-state index contributed by atoms with van der Waals surface area (Å²) in [7, 11) is 0. The highest BCUT2D eigenvalue weighted by Gasteiger charge is 2.29. The summed E-state index contributed by atoms with van der Waals surface area (Å²) in [5.74, 6) is -7.67. The zero-order valence-electron chi connectivity index (χ0n) is 14.1. The van der Waals surface area contributed by atoms with Crippen LogP contribution in [0.2, 0.25) is 0 Å². The summed E-state index contributed by atoms with van der Waals surface area (Å²) < 4.78 is 0. The number of carbonyl (C=O) groups is 6. The zero-order chi connectivity index (χ0) is 21.1. The third kappa shape index (κ3) is 10.4. The van der Waals surface area contributed by atoms with Gasteiger partial charge in [0.1, 0.15) is 12.1 Å².